The molecular formula is C29H28F3N5O. The van der Waals surface area contributed by atoms with E-state index in [2.05, 4.69) is 14.7 Å². The first-order chi connectivity index (χ1) is 18.2. The van der Waals surface area contributed by atoms with E-state index in [4.69, 9.17) is 6.57 Å². The lowest BCUT2D eigenvalue weighted by Gasteiger charge is -2.46. The maximum absolute atomic E-state index is 14.9. The highest BCUT2D eigenvalue weighted by atomic mass is 19.1. The van der Waals surface area contributed by atoms with Gasteiger partial charge in [0.25, 0.3) is 0 Å². The highest BCUT2D eigenvalue weighted by molar-refractivity contribution is 5.82. The summed E-state index contributed by atoms with van der Waals surface area (Å²) in [4.78, 5) is 27.7. The van der Waals surface area contributed by atoms with E-state index >= 15 is 0 Å². The van der Waals surface area contributed by atoms with Gasteiger partial charge in [-0.3, -0.25) is 9.78 Å². The van der Waals surface area contributed by atoms with Crippen LogP contribution in [-0.2, 0) is 4.79 Å². The van der Waals surface area contributed by atoms with Gasteiger partial charge in [0.15, 0.2) is 0 Å². The SMILES string of the molecule is [C-]#[N+]c1ccc(N2CC(C(=O)N3C[C@@H](C)N(c4ccc(F)cc4)[C@@H](C)C3)C(c3ccc(F)cc3F)C2)nc1. The molecule has 2 aliphatic heterocycles. The van der Waals surface area contributed by atoms with Crippen molar-refractivity contribution < 1.29 is 18.0 Å². The molecule has 2 unspecified atom stereocenters. The Morgan fingerprint density at radius 3 is 2.21 bits per heavy atom. The maximum Gasteiger partial charge on any atom is 0.228 e. The van der Waals surface area contributed by atoms with Crippen molar-refractivity contribution in [3.63, 3.8) is 0 Å². The van der Waals surface area contributed by atoms with Crippen molar-refractivity contribution in [2.75, 3.05) is 36.0 Å². The van der Waals surface area contributed by atoms with Gasteiger partial charge in [-0.25, -0.2) is 18.0 Å². The van der Waals surface area contributed by atoms with Crippen molar-refractivity contribution in [2.24, 2.45) is 5.92 Å². The van der Waals surface area contributed by atoms with Crippen LogP contribution in [-0.4, -0.2) is 54.1 Å². The topological polar surface area (TPSA) is 44.0 Å². The second-order valence-corrected chi connectivity index (χ2v) is 10.1. The zero-order valence-electron chi connectivity index (χ0n) is 21.2. The molecule has 3 aromatic rings. The number of halogens is 3. The number of benzene rings is 2. The Balaban J connectivity index is 1.41. The summed E-state index contributed by atoms with van der Waals surface area (Å²) in [5, 5.41) is 0. The van der Waals surface area contributed by atoms with E-state index in [0.717, 1.165) is 11.8 Å². The number of aromatic nitrogens is 1. The molecule has 38 heavy (non-hydrogen) atoms. The summed E-state index contributed by atoms with van der Waals surface area (Å²) in [5.41, 5.74) is 1.60. The second kappa shape index (κ2) is 10.4. The first-order valence-corrected chi connectivity index (χ1v) is 12.6. The minimum atomic E-state index is -0.672. The first-order valence-electron chi connectivity index (χ1n) is 12.6. The van der Waals surface area contributed by atoms with Gasteiger partial charge >= 0.3 is 0 Å². The summed E-state index contributed by atoms with van der Waals surface area (Å²) >= 11 is 0. The summed E-state index contributed by atoms with van der Waals surface area (Å²) in [6, 6.07) is 13.2. The Morgan fingerprint density at radius 2 is 1.61 bits per heavy atom. The zero-order valence-corrected chi connectivity index (χ0v) is 21.2. The van der Waals surface area contributed by atoms with E-state index in [1.54, 1.807) is 24.3 Å². The summed E-state index contributed by atoms with van der Waals surface area (Å²) < 4.78 is 42.1. The minimum absolute atomic E-state index is 0.0190. The number of pyridine rings is 1. The number of anilines is 2. The van der Waals surface area contributed by atoms with Crippen LogP contribution in [0.1, 0.15) is 25.3 Å². The molecule has 3 heterocycles. The molecular weight excluding hydrogens is 491 g/mol. The molecule has 2 aliphatic rings. The largest absolute Gasteiger partial charge is 0.363 e. The van der Waals surface area contributed by atoms with Crippen LogP contribution >= 0.6 is 0 Å². The molecule has 0 bridgehead atoms. The molecule has 5 rings (SSSR count). The van der Waals surface area contributed by atoms with E-state index in [0.29, 0.717) is 43.2 Å². The van der Waals surface area contributed by atoms with Crippen molar-refractivity contribution in [1.29, 1.82) is 0 Å². The van der Waals surface area contributed by atoms with Crippen LogP contribution in [0.4, 0.5) is 30.4 Å². The van der Waals surface area contributed by atoms with Gasteiger partial charge in [-0.15, -0.1) is 0 Å². The summed E-state index contributed by atoms with van der Waals surface area (Å²) in [7, 11) is 0. The van der Waals surface area contributed by atoms with Crippen LogP contribution in [0.5, 0.6) is 0 Å². The molecule has 4 atom stereocenters. The third-order valence-electron chi connectivity index (χ3n) is 7.54. The van der Waals surface area contributed by atoms with Gasteiger partial charge in [0.2, 0.25) is 11.6 Å². The fraction of sp³-hybridized carbons (Fsp3) is 0.345. The standard InChI is InChI=1S/C29H28F3N5O/c1-18-14-36(15-19(2)37(18)23-8-4-20(30)5-9-23)29(38)26-17-35(28-11-7-22(33-3)13-34-28)16-25(26)24-10-6-21(31)12-27(24)32/h4-13,18-19,25-26H,14-17H2,1-2H3/t18-,19+,25?,26?. The number of carbonyl (C=O) groups excluding carboxylic acids is 1. The lowest BCUT2D eigenvalue weighted by molar-refractivity contribution is -0.136. The quantitative estimate of drug-likeness (QED) is 0.434. The number of nitrogens with zero attached hydrogens (tertiary/aromatic N) is 5. The average Bonchev–Trinajstić information content (AvgIpc) is 3.34. The van der Waals surface area contributed by atoms with Gasteiger partial charge in [-0.2, -0.15) is 0 Å². The third kappa shape index (κ3) is 4.91. The molecule has 2 saturated heterocycles. The number of hydrogen-bond acceptors (Lipinski definition) is 4. The van der Waals surface area contributed by atoms with E-state index in [9.17, 15) is 18.0 Å². The van der Waals surface area contributed by atoms with Gasteiger partial charge in [0, 0.05) is 62.1 Å². The summed E-state index contributed by atoms with van der Waals surface area (Å²) in [6.07, 6.45) is 1.48. The minimum Gasteiger partial charge on any atom is -0.363 e. The fourth-order valence-electron chi connectivity index (χ4n) is 5.85. The molecule has 0 spiro atoms. The molecule has 2 aromatic carbocycles. The number of hydrogen-bond donors (Lipinski definition) is 0. The zero-order chi connectivity index (χ0) is 27.0. The van der Waals surface area contributed by atoms with Gasteiger partial charge in [-0.1, -0.05) is 12.1 Å². The van der Waals surface area contributed by atoms with Gasteiger partial charge in [-0.05, 0) is 55.8 Å². The Bertz CT molecular complexity index is 1350. The maximum atomic E-state index is 14.9. The van der Waals surface area contributed by atoms with Crippen molar-refractivity contribution in [3.05, 3.63) is 95.2 Å². The number of amides is 1. The van der Waals surface area contributed by atoms with Gasteiger partial charge in [0.1, 0.15) is 23.3 Å². The van der Waals surface area contributed by atoms with Crippen molar-refractivity contribution in [1.82, 2.24) is 9.88 Å². The fourth-order valence-corrected chi connectivity index (χ4v) is 5.85. The van der Waals surface area contributed by atoms with E-state index in [-0.39, 0.29) is 23.8 Å². The molecule has 1 aromatic heterocycles. The monoisotopic (exact) mass is 519 g/mol. The summed E-state index contributed by atoms with van der Waals surface area (Å²) in [6.45, 7) is 12.8. The average molecular weight is 520 g/mol. The van der Waals surface area contributed by atoms with Crippen LogP contribution in [0.25, 0.3) is 4.85 Å². The predicted octanol–water partition coefficient (Wildman–Crippen LogP) is 5.40. The van der Waals surface area contributed by atoms with Crippen LogP contribution in [0.2, 0.25) is 0 Å². The van der Waals surface area contributed by atoms with Crippen LogP contribution < -0.4 is 9.80 Å². The first kappa shape index (κ1) is 25.6. The van der Waals surface area contributed by atoms with E-state index in [1.165, 1.54) is 30.5 Å². The molecule has 0 aliphatic carbocycles. The van der Waals surface area contributed by atoms with Crippen molar-refractivity contribution in [3.8, 4) is 0 Å². The molecule has 0 radical (unpaired) electrons. The Hall–Kier alpha value is -4.06. The van der Waals surface area contributed by atoms with Crippen LogP contribution in [0, 0.1) is 29.9 Å². The molecule has 9 heteroatoms. The Kier molecular flexibility index (Phi) is 6.98. The Labute approximate surface area is 220 Å². The van der Waals surface area contributed by atoms with Crippen LogP contribution in [0.15, 0.2) is 60.8 Å². The third-order valence-corrected chi connectivity index (χ3v) is 7.54. The molecule has 0 saturated carbocycles. The second-order valence-electron chi connectivity index (χ2n) is 10.1. The van der Waals surface area contributed by atoms with E-state index in [1.807, 2.05) is 23.6 Å². The van der Waals surface area contributed by atoms with E-state index < -0.39 is 23.5 Å². The molecule has 0 N–H and O–H groups in total. The normalized spacial score (nSPS) is 23.4. The molecule has 6 nitrogen and oxygen atoms in total. The van der Waals surface area contributed by atoms with Gasteiger partial charge < -0.3 is 14.7 Å². The lowest BCUT2D eigenvalue weighted by atomic mass is 9.87. The predicted molar refractivity (Wildman–Crippen MR) is 140 cm³/mol. The highest BCUT2D eigenvalue weighted by Crippen LogP contribution is 2.38. The number of carbonyl (C=O) groups is 1. The highest BCUT2D eigenvalue weighted by Gasteiger charge is 2.44. The number of rotatable bonds is 4. The molecule has 1 amide bonds. The van der Waals surface area contributed by atoms with Crippen molar-refractivity contribution >= 4 is 23.1 Å². The molecule has 196 valence electrons. The number of piperazine rings is 1. The van der Waals surface area contributed by atoms with Crippen molar-refractivity contribution in [2.45, 2.75) is 31.8 Å². The van der Waals surface area contributed by atoms with Gasteiger partial charge in [0.05, 0.1) is 12.5 Å². The smallest absolute Gasteiger partial charge is 0.228 e. The lowest BCUT2D eigenvalue weighted by Crippen LogP contribution is -2.59. The Morgan fingerprint density at radius 1 is 0.921 bits per heavy atom. The summed E-state index contributed by atoms with van der Waals surface area (Å²) in [5.74, 6) is -2.18. The van der Waals surface area contributed by atoms with Crippen LogP contribution in [0.3, 0.4) is 0 Å². The molecule has 2 fully saturated rings.